The number of aryl methyl sites for hydroxylation is 2. The number of aromatic nitrogens is 1. The predicted molar refractivity (Wildman–Crippen MR) is 135 cm³/mol. The third kappa shape index (κ3) is 6.35. The zero-order valence-electron chi connectivity index (χ0n) is 19.5. The fraction of sp³-hybridized carbons (Fsp3) is 0.179. The highest BCUT2D eigenvalue weighted by Gasteiger charge is 2.15. The Hall–Kier alpha value is -4.39. The molecule has 1 heterocycles. The van der Waals surface area contributed by atoms with Gasteiger partial charge in [-0.25, -0.2) is 0 Å². The highest BCUT2D eigenvalue weighted by atomic mass is 16.5. The Morgan fingerprint density at radius 1 is 0.914 bits per heavy atom. The number of carbonyl (C=O) groups is 3. The van der Waals surface area contributed by atoms with Crippen LogP contribution < -0.4 is 10.6 Å². The van der Waals surface area contributed by atoms with Gasteiger partial charge in [-0.3, -0.25) is 14.4 Å². The molecule has 0 aliphatic rings. The highest BCUT2D eigenvalue weighted by Crippen LogP contribution is 2.19. The number of fused-ring (bicyclic) bond motifs is 1. The fourth-order valence-electron chi connectivity index (χ4n) is 3.75. The number of anilines is 1. The van der Waals surface area contributed by atoms with Crippen molar-refractivity contribution in [2.24, 2.45) is 0 Å². The lowest BCUT2D eigenvalue weighted by molar-refractivity contribution is -0.147. The molecular formula is C28H27N3O4. The number of amides is 2. The van der Waals surface area contributed by atoms with Crippen LogP contribution in [0.1, 0.15) is 33.5 Å². The largest absolute Gasteiger partial charge is 0.456 e. The van der Waals surface area contributed by atoms with Gasteiger partial charge in [0.15, 0.2) is 6.61 Å². The van der Waals surface area contributed by atoms with Crippen molar-refractivity contribution < 1.29 is 19.1 Å². The van der Waals surface area contributed by atoms with Crippen LogP contribution in [-0.4, -0.2) is 29.4 Å². The topological polar surface area (TPSA) is 100 Å². The molecule has 0 radical (unpaired) electrons. The summed E-state index contributed by atoms with van der Waals surface area (Å²) in [5.41, 5.74) is 4.84. The summed E-state index contributed by atoms with van der Waals surface area (Å²) in [6.45, 7) is 1.95. The molecule has 7 nitrogen and oxygen atoms in total. The van der Waals surface area contributed by atoms with Crippen molar-refractivity contribution in [2.75, 3.05) is 11.9 Å². The van der Waals surface area contributed by atoms with E-state index in [1.807, 2.05) is 61.7 Å². The number of aromatic amines is 1. The van der Waals surface area contributed by atoms with Crippen LogP contribution in [0.2, 0.25) is 0 Å². The molecule has 0 unspecified atom stereocenters. The highest BCUT2D eigenvalue weighted by molar-refractivity contribution is 6.04. The Bertz CT molecular complexity index is 1340. The molecule has 35 heavy (non-hydrogen) atoms. The van der Waals surface area contributed by atoms with Crippen LogP contribution in [0.25, 0.3) is 10.9 Å². The van der Waals surface area contributed by atoms with E-state index in [-0.39, 0.29) is 12.3 Å². The van der Waals surface area contributed by atoms with E-state index in [1.165, 1.54) is 0 Å². The van der Waals surface area contributed by atoms with Crippen molar-refractivity contribution in [1.82, 2.24) is 10.3 Å². The van der Waals surface area contributed by atoms with Crippen molar-refractivity contribution in [1.29, 1.82) is 0 Å². The molecule has 4 rings (SSSR count). The van der Waals surface area contributed by atoms with Gasteiger partial charge in [0.1, 0.15) is 0 Å². The minimum atomic E-state index is -0.510. The molecule has 178 valence electrons. The van der Waals surface area contributed by atoms with Gasteiger partial charge in [0.05, 0.1) is 11.3 Å². The van der Waals surface area contributed by atoms with E-state index in [0.717, 1.165) is 27.6 Å². The Morgan fingerprint density at radius 2 is 1.66 bits per heavy atom. The summed E-state index contributed by atoms with van der Waals surface area (Å²) in [6, 6.07) is 22.5. The second kappa shape index (κ2) is 11.2. The van der Waals surface area contributed by atoms with E-state index in [4.69, 9.17) is 4.74 Å². The lowest BCUT2D eigenvalue weighted by Gasteiger charge is -2.12. The van der Waals surface area contributed by atoms with Crippen LogP contribution in [-0.2, 0) is 27.3 Å². The third-order valence-electron chi connectivity index (χ3n) is 5.66. The monoisotopic (exact) mass is 469 g/mol. The lowest BCUT2D eigenvalue weighted by Crippen LogP contribution is -2.26. The average molecular weight is 470 g/mol. The first-order valence-electron chi connectivity index (χ1n) is 11.4. The molecule has 1 aromatic heterocycles. The number of hydrogen-bond acceptors (Lipinski definition) is 4. The standard InChI is InChI=1S/C28H27N3O4/c1-19-10-12-20(13-11-19)16-30-28(34)23-7-3-5-9-25(23)31-26(32)18-35-27(33)15-14-21-17-29-24-8-4-2-6-22(21)24/h2-13,17,29H,14-16,18H2,1H3,(H,30,34)(H,31,32). The van der Waals surface area contributed by atoms with E-state index in [0.29, 0.717) is 24.2 Å². The molecule has 0 fully saturated rings. The molecule has 0 saturated heterocycles. The minimum Gasteiger partial charge on any atom is -0.456 e. The predicted octanol–water partition coefficient (Wildman–Crippen LogP) is 4.52. The van der Waals surface area contributed by atoms with Crippen molar-refractivity contribution in [2.45, 2.75) is 26.3 Å². The van der Waals surface area contributed by atoms with Gasteiger partial charge in [-0.05, 0) is 42.7 Å². The molecule has 3 N–H and O–H groups in total. The Balaban J connectivity index is 1.26. The van der Waals surface area contributed by atoms with Crippen LogP contribution in [0.15, 0.2) is 79.0 Å². The van der Waals surface area contributed by atoms with Gasteiger partial charge in [0.25, 0.3) is 11.8 Å². The van der Waals surface area contributed by atoms with Gasteiger partial charge >= 0.3 is 5.97 Å². The number of nitrogens with one attached hydrogen (secondary N) is 3. The van der Waals surface area contributed by atoms with E-state index in [1.54, 1.807) is 24.3 Å². The second-order valence-corrected chi connectivity index (χ2v) is 8.28. The lowest BCUT2D eigenvalue weighted by atomic mass is 10.1. The normalized spacial score (nSPS) is 10.7. The van der Waals surface area contributed by atoms with Gasteiger partial charge in [-0.2, -0.15) is 0 Å². The van der Waals surface area contributed by atoms with Crippen molar-refractivity contribution >= 4 is 34.4 Å². The summed E-state index contributed by atoms with van der Waals surface area (Å²) in [4.78, 5) is 40.4. The number of H-pyrrole nitrogens is 1. The van der Waals surface area contributed by atoms with Crippen LogP contribution in [0.3, 0.4) is 0 Å². The summed E-state index contributed by atoms with van der Waals surface area (Å²) >= 11 is 0. The molecule has 0 aliphatic heterocycles. The maximum absolute atomic E-state index is 12.7. The molecule has 2 amide bonds. The summed E-state index contributed by atoms with van der Waals surface area (Å²) in [6.07, 6.45) is 2.55. The first-order valence-corrected chi connectivity index (χ1v) is 11.4. The zero-order chi connectivity index (χ0) is 24.6. The van der Waals surface area contributed by atoms with E-state index < -0.39 is 18.5 Å². The molecular weight excluding hydrogens is 442 g/mol. The van der Waals surface area contributed by atoms with Crippen molar-refractivity contribution in [3.05, 3.63) is 101 Å². The molecule has 0 saturated carbocycles. The molecule has 7 heteroatoms. The van der Waals surface area contributed by atoms with Gasteiger partial charge in [0, 0.05) is 30.1 Å². The van der Waals surface area contributed by atoms with Crippen LogP contribution in [0, 0.1) is 6.92 Å². The SMILES string of the molecule is Cc1ccc(CNC(=O)c2ccccc2NC(=O)COC(=O)CCc2c[nH]c3ccccc23)cc1. The van der Waals surface area contributed by atoms with Gasteiger partial charge in [-0.1, -0.05) is 60.2 Å². The van der Waals surface area contributed by atoms with E-state index in [2.05, 4.69) is 15.6 Å². The van der Waals surface area contributed by atoms with Crippen molar-refractivity contribution in [3.63, 3.8) is 0 Å². The smallest absolute Gasteiger partial charge is 0.306 e. The maximum atomic E-state index is 12.7. The molecule has 0 aliphatic carbocycles. The summed E-state index contributed by atoms with van der Waals surface area (Å²) < 4.78 is 5.14. The van der Waals surface area contributed by atoms with E-state index >= 15 is 0 Å². The van der Waals surface area contributed by atoms with Crippen LogP contribution in [0.4, 0.5) is 5.69 Å². The number of para-hydroxylation sites is 2. The van der Waals surface area contributed by atoms with Gasteiger partial charge < -0.3 is 20.4 Å². The first kappa shape index (κ1) is 23.8. The van der Waals surface area contributed by atoms with Crippen LogP contribution >= 0.6 is 0 Å². The number of ether oxygens (including phenoxy) is 1. The number of rotatable bonds is 9. The van der Waals surface area contributed by atoms with Crippen LogP contribution in [0.5, 0.6) is 0 Å². The molecule has 3 aromatic carbocycles. The zero-order valence-corrected chi connectivity index (χ0v) is 19.5. The van der Waals surface area contributed by atoms with Gasteiger partial charge in [-0.15, -0.1) is 0 Å². The van der Waals surface area contributed by atoms with Crippen molar-refractivity contribution in [3.8, 4) is 0 Å². The summed E-state index contributed by atoms with van der Waals surface area (Å²) in [5, 5.41) is 6.59. The van der Waals surface area contributed by atoms with E-state index in [9.17, 15) is 14.4 Å². The Labute approximate surface area is 203 Å². The number of carbonyl (C=O) groups excluding carboxylic acids is 3. The quantitative estimate of drug-likeness (QED) is 0.314. The first-order chi connectivity index (χ1) is 17.0. The average Bonchev–Trinajstić information content (AvgIpc) is 3.29. The molecule has 0 bridgehead atoms. The third-order valence-corrected chi connectivity index (χ3v) is 5.66. The number of esters is 1. The second-order valence-electron chi connectivity index (χ2n) is 8.28. The summed E-state index contributed by atoms with van der Waals surface area (Å²) in [7, 11) is 0. The fourth-order valence-corrected chi connectivity index (χ4v) is 3.75. The molecule has 0 atom stereocenters. The summed E-state index contributed by atoms with van der Waals surface area (Å²) in [5.74, 6) is -1.28. The van der Waals surface area contributed by atoms with Gasteiger partial charge in [0.2, 0.25) is 0 Å². The number of hydrogen-bond donors (Lipinski definition) is 3. The maximum Gasteiger partial charge on any atom is 0.306 e. The number of benzene rings is 3. The minimum absolute atomic E-state index is 0.160. The molecule has 4 aromatic rings. The Morgan fingerprint density at radius 3 is 2.49 bits per heavy atom. The Kier molecular flexibility index (Phi) is 7.57. The molecule has 0 spiro atoms.